The van der Waals surface area contributed by atoms with Crippen molar-refractivity contribution in [3.05, 3.63) is 53.9 Å². The molecule has 0 unspecified atom stereocenters. The monoisotopic (exact) mass is 369 g/mol. The summed E-state index contributed by atoms with van der Waals surface area (Å²) >= 11 is 0. The van der Waals surface area contributed by atoms with Crippen LogP contribution in [0.25, 0.3) is 0 Å². The number of piperidine rings is 1. The molecule has 2 aliphatic rings. The molecule has 2 saturated heterocycles. The SMILES string of the molecule is CN1CCN([C@@H]2CCN(Cc3ccccc3Cn3cccn3)C[C@H]2O)CC1. The van der Waals surface area contributed by atoms with E-state index in [4.69, 9.17) is 0 Å². The van der Waals surface area contributed by atoms with E-state index in [1.165, 1.54) is 11.1 Å². The van der Waals surface area contributed by atoms with Gasteiger partial charge in [0.05, 0.1) is 12.6 Å². The van der Waals surface area contributed by atoms with Gasteiger partial charge in [0.1, 0.15) is 0 Å². The third-order valence-corrected chi connectivity index (χ3v) is 6.04. The third-order valence-electron chi connectivity index (χ3n) is 6.04. The lowest BCUT2D eigenvalue weighted by Gasteiger charge is -2.44. The molecule has 0 saturated carbocycles. The second kappa shape index (κ2) is 8.52. The van der Waals surface area contributed by atoms with Crippen LogP contribution in [0, 0.1) is 0 Å². The van der Waals surface area contributed by atoms with E-state index >= 15 is 0 Å². The number of rotatable bonds is 5. The van der Waals surface area contributed by atoms with Crippen molar-refractivity contribution in [3.8, 4) is 0 Å². The molecule has 2 fully saturated rings. The molecule has 2 aromatic rings. The molecule has 0 bridgehead atoms. The number of piperazine rings is 1. The van der Waals surface area contributed by atoms with Crippen molar-refractivity contribution >= 4 is 0 Å². The second-order valence-electron chi connectivity index (χ2n) is 7.97. The number of benzene rings is 1. The van der Waals surface area contributed by atoms with Crippen molar-refractivity contribution in [2.45, 2.75) is 31.7 Å². The summed E-state index contributed by atoms with van der Waals surface area (Å²) in [5.41, 5.74) is 2.63. The van der Waals surface area contributed by atoms with Crippen molar-refractivity contribution in [2.75, 3.05) is 46.3 Å². The fourth-order valence-corrected chi connectivity index (χ4v) is 4.38. The van der Waals surface area contributed by atoms with E-state index in [0.717, 1.165) is 58.8 Å². The molecule has 1 aromatic heterocycles. The summed E-state index contributed by atoms with van der Waals surface area (Å²) in [6.07, 6.45) is 4.61. The third kappa shape index (κ3) is 4.58. The Morgan fingerprint density at radius 1 is 1.00 bits per heavy atom. The number of aliphatic hydroxyl groups excluding tert-OH is 1. The number of hydrogen-bond donors (Lipinski definition) is 1. The molecule has 1 N–H and O–H groups in total. The van der Waals surface area contributed by atoms with E-state index in [1.54, 1.807) is 0 Å². The van der Waals surface area contributed by atoms with Gasteiger partial charge in [0.15, 0.2) is 0 Å². The lowest BCUT2D eigenvalue weighted by molar-refractivity contribution is -0.0286. The van der Waals surface area contributed by atoms with Crippen molar-refractivity contribution in [1.29, 1.82) is 0 Å². The van der Waals surface area contributed by atoms with Gasteiger partial charge in [0.25, 0.3) is 0 Å². The van der Waals surface area contributed by atoms with Gasteiger partial charge in [-0.3, -0.25) is 14.5 Å². The molecule has 146 valence electrons. The highest BCUT2D eigenvalue weighted by Crippen LogP contribution is 2.21. The van der Waals surface area contributed by atoms with Gasteiger partial charge in [-0.15, -0.1) is 0 Å². The van der Waals surface area contributed by atoms with Crippen LogP contribution in [-0.2, 0) is 13.1 Å². The minimum atomic E-state index is -0.263. The van der Waals surface area contributed by atoms with Gasteiger partial charge in [-0.2, -0.15) is 5.10 Å². The average Bonchev–Trinajstić information content (AvgIpc) is 3.18. The fourth-order valence-electron chi connectivity index (χ4n) is 4.38. The molecule has 1 aromatic carbocycles. The zero-order valence-electron chi connectivity index (χ0n) is 16.2. The Bertz CT molecular complexity index is 711. The zero-order valence-corrected chi connectivity index (χ0v) is 16.2. The molecule has 0 amide bonds. The maximum absolute atomic E-state index is 10.8. The van der Waals surface area contributed by atoms with Gasteiger partial charge in [-0.25, -0.2) is 0 Å². The van der Waals surface area contributed by atoms with Crippen LogP contribution in [0.4, 0.5) is 0 Å². The Morgan fingerprint density at radius 3 is 2.41 bits per heavy atom. The fraction of sp³-hybridized carbons (Fsp3) is 0.571. The predicted molar refractivity (Wildman–Crippen MR) is 107 cm³/mol. The topological polar surface area (TPSA) is 47.8 Å². The summed E-state index contributed by atoms with van der Waals surface area (Å²) in [7, 11) is 2.18. The van der Waals surface area contributed by atoms with Gasteiger partial charge in [0.2, 0.25) is 0 Å². The first-order chi connectivity index (χ1) is 13.2. The summed E-state index contributed by atoms with van der Waals surface area (Å²) in [6, 6.07) is 10.9. The van der Waals surface area contributed by atoms with Gasteiger partial charge >= 0.3 is 0 Å². The van der Waals surface area contributed by atoms with Crippen molar-refractivity contribution in [2.24, 2.45) is 0 Å². The van der Waals surface area contributed by atoms with Crippen molar-refractivity contribution in [3.63, 3.8) is 0 Å². The van der Waals surface area contributed by atoms with Crippen LogP contribution >= 0.6 is 0 Å². The van der Waals surface area contributed by atoms with Gasteiger partial charge < -0.3 is 10.0 Å². The molecule has 0 aliphatic carbocycles. The molecule has 3 heterocycles. The van der Waals surface area contributed by atoms with Gasteiger partial charge in [0, 0.05) is 64.2 Å². The number of nitrogens with zero attached hydrogens (tertiary/aromatic N) is 5. The van der Waals surface area contributed by atoms with Crippen LogP contribution in [0.5, 0.6) is 0 Å². The Balaban J connectivity index is 1.36. The first-order valence-corrected chi connectivity index (χ1v) is 10.1. The second-order valence-corrected chi connectivity index (χ2v) is 7.97. The summed E-state index contributed by atoms with van der Waals surface area (Å²) in [5, 5.41) is 15.1. The molecular weight excluding hydrogens is 338 g/mol. The molecule has 4 rings (SSSR count). The zero-order chi connectivity index (χ0) is 18.6. The smallest absolute Gasteiger partial charge is 0.0822 e. The highest BCUT2D eigenvalue weighted by Gasteiger charge is 2.33. The van der Waals surface area contributed by atoms with E-state index in [1.807, 2.05) is 23.1 Å². The standard InChI is InChI=1S/C21H31N5O/c1-23-11-13-25(14-12-23)20-7-10-24(17-21(20)27)15-18-5-2-3-6-19(18)16-26-9-4-8-22-26/h2-6,8-9,20-21,27H,7,10-17H2,1H3/t20-,21-/m1/s1. The number of aromatic nitrogens is 2. The van der Waals surface area contributed by atoms with Crippen molar-refractivity contribution in [1.82, 2.24) is 24.5 Å². The summed E-state index contributed by atoms with van der Waals surface area (Å²) < 4.78 is 1.97. The van der Waals surface area contributed by atoms with Crippen molar-refractivity contribution < 1.29 is 5.11 Å². The summed E-state index contributed by atoms with van der Waals surface area (Å²) in [4.78, 5) is 7.27. The summed E-state index contributed by atoms with van der Waals surface area (Å²) in [5.74, 6) is 0. The molecule has 2 atom stereocenters. The van der Waals surface area contributed by atoms with E-state index in [2.05, 4.69) is 51.1 Å². The largest absolute Gasteiger partial charge is 0.390 e. The van der Waals surface area contributed by atoms with E-state index < -0.39 is 0 Å². The lowest BCUT2D eigenvalue weighted by Crippen LogP contribution is -2.58. The van der Waals surface area contributed by atoms with Crippen LogP contribution in [0.2, 0.25) is 0 Å². The first kappa shape index (κ1) is 18.6. The van der Waals surface area contributed by atoms with Crippen LogP contribution in [0.1, 0.15) is 17.5 Å². The number of β-amino-alcohol motifs (C(OH)–C–C–N with tert-alkyl or cyclic N) is 1. The first-order valence-electron chi connectivity index (χ1n) is 10.1. The van der Waals surface area contributed by atoms with Crippen LogP contribution in [0.15, 0.2) is 42.7 Å². The van der Waals surface area contributed by atoms with Crippen LogP contribution < -0.4 is 0 Å². The molecule has 0 radical (unpaired) electrons. The highest BCUT2D eigenvalue weighted by molar-refractivity contribution is 5.27. The maximum Gasteiger partial charge on any atom is 0.0822 e. The van der Waals surface area contributed by atoms with Gasteiger partial charge in [-0.05, 0) is 30.7 Å². The number of likely N-dealkylation sites (tertiary alicyclic amines) is 1. The molecular formula is C21H31N5O. The lowest BCUT2D eigenvalue weighted by atomic mass is 9.98. The van der Waals surface area contributed by atoms with E-state index in [-0.39, 0.29) is 6.10 Å². The Morgan fingerprint density at radius 2 is 1.74 bits per heavy atom. The number of hydrogen-bond acceptors (Lipinski definition) is 5. The molecule has 0 spiro atoms. The van der Waals surface area contributed by atoms with Gasteiger partial charge in [-0.1, -0.05) is 24.3 Å². The van der Waals surface area contributed by atoms with E-state index in [9.17, 15) is 5.11 Å². The van der Waals surface area contributed by atoms with E-state index in [0.29, 0.717) is 6.04 Å². The van der Waals surface area contributed by atoms with Crippen LogP contribution in [-0.4, -0.2) is 88.0 Å². The molecule has 6 nitrogen and oxygen atoms in total. The normalized spacial score (nSPS) is 25.7. The maximum atomic E-state index is 10.8. The molecule has 27 heavy (non-hydrogen) atoms. The quantitative estimate of drug-likeness (QED) is 0.856. The summed E-state index contributed by atoms with van der Waals surface area (Å²) in [6.45, 7) is 7.85. The Kier molecular flexibility index (Phi) is 5.88. The Hall–Kier alpha value is -1.73. The number of likely N-dealkylation sites (N-methyl/N-ethyl adjacent to an activating group) is 1. The number of aliphatic hydroxyl groups is 1. The predicted octanol–water partition coefficient (Wildman–Crippen LogP) is 1.11. The highest BCUT2D eigenvalue weighted by atomic mass is 16.3. The molecule has 6 heteroatoms. The average molecular weight is 370 g/mol. The van der Waals surface area contributed by atoms with Crippen LogP contribution in [0.3, 0.4) is 0 Å². The minimum Gasteiger partial charge on any atom is -0.390 e. The molecule has 2 aliphatic heterocycles. The Labute approximate surface area is 162 Å². The minimum absolute atomic E-state index is 0.263.